The largest absolute Gasteiger partial charge is 0.339 e. The minimum Gasteiger partial charge on any atom is -0.339 e. The minimum absolute atomic E-state index is 0.656. The molecule has 20 heavy (non-hydrogen) atoms. The molecule has 0 radical (unpaired) electrons. The highest BCUT2D eigenvalue weighted by atomic mass is 32.1. The number of aromatic nitrogens is 2. The van der Waals surface area contributed by atoms with E-state index in [9.17, 15) is 0 Å². The molecule has 0 fully saturated rings. The van der Waals surface area contributed by atoms with Gasteiger partial charge in [0.25, 0.3) is 0 Å². The molecule has 2 heterocycles. The molecule has 0 aliphatic carbocycles. The average Bonchev–Trinajstić information content (AvgIpc) is 2.89. The predicted molar refractivity (Wildman–Crippen MR) is 87.6 cm³/mol. The van der Waals surface area contributed by atoms with Gasteiger partial charge in [-0.2, -0.15) is 11.3 Å². The van der Waals surface area contributed by atoms with Crippen molar-refractivity contribution in [2.75, 3.05) is 0 Å². The van der Waals surface area contributed by atoms with Crippen LogP contribution in [0.25, 0.3) is 22.6 Å². The second kappa shape index (κ2) is 5.31. The summed E-state index contributed by atoms with van der Waals surface area (Å²) in [6.07, 6.45) is 0. The molecular formula is C16H14N2S2. The number of benzene rings is 1. The first-order chi connectivity index (χ1) is 9.66. The third-order valence-corrected chi connectivity index (χ3v) is 4.58. The molecule has 0 saturated carbocycles. The molecule has 0 aliphatic rings. The Kier molecular flexibility index (Phi) is 3.51. The number of aromatic amines is 1. The van der Waals surface area contributed by atoms with Gasteiger partial charge in [0, 0.05) is 16.5 Å². The number of nitrogens with one attached hydrogen (secondary N) is 1. The SMILES string of the molecule is Cc1cscc1-c1nc(=S)c(C)c(-c2ccccc2)[nH]1. The summed E-state index contributed by atoms with van der Waals surface area (Å²) >= 11 is 7.10. The maximum atomic E-state index is 5.42. The van der Waals surface area contributed by atoms with Crippen LogP contribution in [-0.4, -0.2) is 9.97 Å². The number of nitrogens with zero attached hydrogens (tertiary/aromatic N) is 1. The van der Waals surface area contributed by atoms with Crippen LogP contribution in [0.4, 0.5) is 0 Å². The molecule has 0 amide bonds. The van der Waals surface area contributed by atoms with Crippen molar-refractivity contribution < 1.29 is 0 Å². The Hall–Kier alpha value is -1.78. The van der Waals surface area contributed by atoms with E-state index in [-0.39, 0.29) is 0 Å². The molecule has 1 N–H and O–H groups in total. The molecule has 1 aromatic carbocycles. The summed E-state index contributed by atoms with van der Waals surface area (Å²) in [4.78, 5) is 7.97. The van der Waals surface area contributed by atoms with Crippen molar-refractivity contribution in [3.63, 3.8) is 0 Å². The van der Waals surface area contributed by atoms with Gasteiger partial charge in [-0.3, -0.25) is 0 Å². The van der Waals surface area contributed by atoms with Crippen molar-refractivity contribution in [3.05, 3.63) is 56.9 Å². The van der Waals surface area contributed by atoms with Crippen LogP contribution in [0.2, 0.25) is 0 Å². The molecule has 0 unspecified atom stereocenters. The van der Waals surface area contributed by atoms with E-state index in [4.69, 9.17) is 12.2 Å². The first-order valence-corrected chi connectivity index (χ1v) is 7.71. The summed E-state index contributed by atoms with van der Waals surface area (Å²) < 4.78 is 0.656. The van der Waals surface area contributed by atoms with Gasteiger partial charge in [0.2, 0.25) is 0 Å². The summed E-state index contributed by atoms with van der Waals surface area (Å²) in [5.74, 6) is 0.846. The smallest absolute Gasteiger partial charge is 0.140 e. The van der Waals surface area contributed by atoms with Gasteiger partial charge < -0.3 is 4.98 Å². The first-order valence-electron chi connectivity index (χ1n) is 6.36. The summed E-state index contributed by atoms with van der Waals surface area (Å²) in [6.45, 7) is 4.10. The van der Waals surface area contributed by atoms with Gasteiger partial charge in [-0.15, -0.1) is 0 Å². The van der Waals surface area contributed by atoms with E-state index >= 15 is 0 Å². The standard InChI is InChI=1S/C16H14N2S2/c1-10-8-20-9-13(10)15-17-14(11(2)16(19)18-15)12-6-4-3-5-7-12/h3-9H,1-2H3,(H,17,18,19). The van der Waals surface area contributed by atoms with Crippen LogP contribution in [0.1, 0.15) is 11.1 Å². The van der Waals surface area contributed by atoms with Crippen LogP contribution in [0.5, 0.6) is 0 Å². The maximum absolute atomic E-state index is 5.42. The topological polar surface area (TPSA) is 28.7 Å². The Morgan fingerprint density at radius 2 is 1.85 bits per heavy atom. The summed E-state index contributed by atoms with van der Waals surface area (Å²) in [7, 11) is 0. The number of thiophene rings is 1. The van der Waals surface area contributed by atoms with Crippen LogP contribution < -0.4 is 0 Å². The first kappa shape index (κ1) is 13.2. The van der Waals surface area contributed by atoms with Gasteiger partial charge in [-0.25, -0.2) is 4.98 Å². The normalized spacial score (nSPS) is 10.7. The lowest BCUT2D eigenvalue weighted by Gasteiger charge is -2.09. The highest BCUT2D eigenvalue weighted by Crippen LogP contribution is 2.28. The third kappa shape index (κ3) is 2.32. The van der Waals surface area contributed by atoms with Crippen molar-refractivity contribution in [1.29, 1.82) is 0 Å². The lowest BCUT2D eigenvalue weighted by Crippen LogP contribution is -1.97. The van der Waals surface area contributed by atoms with Gasteiger partial charge in [0.05, 0.1) is 5.69 Å². The molecule has 3 aromatic rings. The van der Waals surface area contributed by atoms with Gasteiger partial charge in [0.15, 0.2) is 0 Å². The lowest BCUT2D eigenvalue weighted by molar-refractivity contribution is 1.12. The van der Waals surface area contributed by atoms with E-state index in [2.05, 4.69) is 39.8 Å². The molecule has 2 nitrogen and oxygen atoms in total. The molecule has 0 bridgehead atoms. The Bertz CT molecular complexity index is 801. The Labute approximate surface area is 127 Å². The van der Waals surface area contributed by atoms with E-state index in [0.717, 1.165) is 28.2 Å². The Morgan fingerprint density at radius 3 is 2.50 bits per heavy atom. The predicted octanol–water partition coefficient (Wildman–Crippen LogP) is 5.15. The summed E-state index contributed by atoms with van der Waals surface area (Å²) in [5, 5.41) is 4.23. The van der Waals surface area contributed by atoms with Gasteiger partial charge >= 0.3 is 0 Å². The zero-order valence-electron chi connectivity index (χ0n) is 11.3. The number of hydrogen-bond acceptors (Lipinski definition) is 3. The van der Waals surface area contributed by atoms with Crippen LogP contribution in [0.3, 0.4) is 0 Å². The molecule has 3 rings (SSSR count). The van der Waals surface area contributed by atoms with Gasteiger partial charge in [-0.05, 0) is 30.4 Å². The van der Waals surface area contributed by atoms with Crippen LogP contribution in [0, 0.1) is 18.5 Å². The van der Waals surface area contributed by atoms with Gasteiger partial charge in [0.1, 0.15) is 10.5 Å². The number of H-pyrrole nitrogens is 1. The van der Waals surface area contributed by atoms with Crippen molar-refractivity contribution in [2.24, 2.45) is 0 Å². The maximum Gasteiger partial charge on any atom is 0.140 e. The zero-order chi connectivity index (χ0) is 14.1. The van der Waals surface area contributed by atoms with E-state index in [1.165, 1.54) is 5.56 Å². The highest BCUT2D eigenvalue weighted by Gasteiger charge is 2.10. The molecule has 0 atom stereocenters. The number of hydrogen-bond donors (Lipinski definition) is 1. The van der Waals surface area contributed by atoms with Crippen LogP contribution in [0.15, 0.2) is 41.1 Å². The molecule has 0 spiro atoms. The lowest BCUT2D eigenvalue weighted by atomic mass is 10.1. The Morgan fingerprint density at radius 1 is 1.10 bits per heavy atom. The van der Waals surface area contributed by atoms with Crippen molar-refractivity contribution in [3.8, 4) is 22.6 Å². The summed E-state index contributed by atoms with van der Waals surface area (Å²) in [6, 6.07) is 10.2. The zero-order valence-corrected chi connectivity index (χ0v) is 12.9. The van der Waals surface area contributed by atoms with Gasteiger partial charge in [-0.1, -0.05) is 42.5 Å². The molecule has 0 saturated heterocycles. The van der Waals surface area contributed by atoms with Crippen molar-refractivity contribution >= 4 is 23.6 Å². The molecule has 2 aromatic heterocycles. The van der Waals surface area contributed by atoms with E-state index in [1.807, 2.05) is 25.1 Å². The van der Waals surface area contributed by atoms with Crippen LogP contribution >= 0.6 is 23.6 Å². The van der Waals surface area contributed by atoms with E-state index < -0.39 is 0 Å². The quantitative estimate of drug-likeness (QED) is 0.663. The molecular weight excluding hydrogens is 284 g/mol. The number of aryl methyl sites for hydroxylation is 1. The average molecular weight is 298 g/mol. The molecule has 4 heteroatoms. The fraction of sp³-hybridized carbons (Fsp3) is 0.125. The van der Waals surface area contributed by atoms with E-state index in [1.54, 1.807) is 11.3 Å². The fourth-order valence-corrected chi connectivity index (χ4v) is 3.18. The van der Waals surface area contributed by atoms with Crippen molar-refractivity contribution in [2.45, 2.75) is 13.8 Å². The minimum atomic E-state index is 0.656. The van der Waals surface area contributed by atoms with E-state index in [0.29, 0.717) is 4.64 Å². The molecule has 0 aliphatic heterocycles. The second-order valence-electron chi connectivity index (χ2n) is 4.73. The van der Waals surface area contributed by atoms with Crippen molar-refractivity contribution in [1.82, 2.24) is 9.97 Å². The number of rotatable bonds is 2. The Balaban J connectivity index is 2.24. The summed E-state index contributed by atoms with van der Waals surface area (Å²) in [5.41, 5.74) is 5.54. The third-order valence-electron chi connectivity index (χ3n) is 3.33. The van der Waals surface area contributed by atoms with Crippen LogP contribution in [-0.2, 0) is 0 Å². The fourth-order valence-electron chi connectivity index (χ4n) is 2.16. The molecule has 100 valence electrons. The second-order valence-corrected chi connectivity index (χ2v) is 5.86. The monoisotopic (exact) mass is 298 g/mol. The highest BCUT2D eigenvalue weighted by molar-refractivity contribution is 7.71.